The zero-order chi connectivity index (χ0) is 13.0. The minimum atomic E-state index is -0.153. The fourth-order valence-corrected chi connectivity index (χ4v) is 2.58. The van der Waals surface area contributed by atoms with Gasteiger partial charge in [-0.05, 0) is 37.8 Å². The molecule has 18 heavy (non-hydrogen) atoms. The van der Waals surface area contributed by atoms with Crippen molar-refractivity contribution in [3.63, 3.8) is 0 Å². The Morgan fingerprint density at radius 1 is 1.22 bits per heavy atom. The van der Waals surface area contributed by atoms with Crippen LogP contribution in [0.4, 0.5) is 0 Å². The monoisotopic (exact) mass is 251 g/mol. The van der Waals surface area contributed by atoms with Gasteiger partial charge in [-0.3, -0.25) is 0 Å². The molecule has 0 aliphatic heterocycles. The van der Waals surface area contributed by atoms with E-state index in [-0.39, 0.29) is 17.6 Å². The van der Waals surface area contributed by atoms with Gasteiger partial charge in [-0.1, -0.05) is 18.6 Å². The van der Waals surface area contributed by atoms with Crippen LogP contribution in [0.2, 0.25) is 0 Å². The highest BCUT2D eigenvalue weighted by atomic mass is 16.3. The van der Waals surface area contributed by atoms with Crippen LogP contribution in [0.25, 0.3) is 0 Å². The first-order chi connectivity index (χ1) is 8.66. The molecule has 4 heteroatoms. The number of aliphatic hydroxyl groups excluding tert-OH is 1. The smallest absolute Gasteiger partial charge is 0.161 e. The van der Waals surface area contributed by atoms with Crippen LogP contribution in [-0.4, -0.2) is 28.0 Å². The molecular weight excluding hydrogens is 230 g/mol. The topological polar surface area (TPSA) is 72.7 Å². The van der Waals surface area contributed by atoms with E-state index in [9.17, 15) is 15.3 Å². The van der Waals surface area contributed by atoms with E-state index in [1.54, 1.807) is 12.1 Å². The van der Waals surface area contributed by atoms with Gasteiger partial charge >= 0.3 is 0 Å². The lowest BCUT2D eigenvalue weighted by Crippen LogP contribution is -2.28. The van der Waals surface area contributed by atoms with Crippen LogP contribution in [0, 0.1) is 5.92 Å². The van der Waals surface area contributed by atoms with Gasteiger partial charge in [0, 0.05) is 12.1 Å². The van der Waals surface area contributed by atoms with Gasteiger partial charge in [0.25, 0.3) is 0 Å². The predicted octanol–water partition coefficient (Wildman–Crippen LogP) is 1.74. The number of aromatic hydroxyl groups is 2. The van der Waals surface area contributed by atoms with Crippen molar-refractivity contribution in [3.8, 4) is 11.5 Å². The van der Waals surface area contributed by atoms with Gasteiger partial charge in [0.1, 0.15) is 0 Å². The lowest BCUT2D eigenvalue weighted by atomic mass is 9.87. The van der Waals surface area contributed by atoms with E-state index in [0.717, 1.165) is 32.2 Å². The highest BCUT2D eigenvalue weighted by molar-refractivity contribution is 5.44. The van der Waals surface area contributed by atoms with Gasteiger partial charge in [-0.15, -0.1) is 0 Å². The van der Waals surface area contributed by atoms with E-state index in [4.69, 9.17) is 0 Å². The molecule has 1 aromatic carbocycles. The number of rotatable bonds is 4. The number of phenols is 2. The Bertz CT molecular complexity index is 395. The summed E-state index contributed by atoms with van der Waals surface area (Å²) in [4.78, 5) is 0. The predicted molar refractivity (Wildman–Crippen MR) is 69.4 cm³/mol. The van der Waals surface area contributed by atoms with E-state index < -0.39 is 0 Å². The second-order valence-corrected chi connectivity index (χ2v) is 5.10. The quantitative estimate of drug-likeness (QED) is 0.615. The second-order valence-electron chi connectivity index (χ2n) is 5.10. The maximum absolute atomic E-state index is 9.65. The number of para-hydroxylation sites is 1. The fourth-order valence-electron chi connectivity index (χ4n) is 2.58. The van der Waals surface area contributed by atoms with Crippen LogP contribution >= 0.6 is 0 Å². The molecule has 1 aliphatic rings. The van der Waals surface area contributed by atoms with Gasteiger partial charge in [0.05, 0.1) is 6.10 Å². The summed E-state index contributed by atoms with van der Waals surface area (Å²) in [6.45, 7) is 1.37. The third-order valence-electron chi connectivity index (χ3n) is 3.60. The van der Waals surface area contributed by atoms with Gasteiger partial charge < -0.3 is 20.6 Å². The summed E-state index contributed by atoms with van der Waals surface area (Å²) >= 11 is 0. The van der Waals surface area contributed by atoms with Gasteiger partial charge in [-0.2, -0.15) is 0 Å². The highest BCUT2D eigenvalue weighted by Gasteiger charge is 2.19. The SMILES string of the molecule is Oc1cccc(CNCC2CCCC(O)C2)c1O. The molecule has 0 radical (unpaired) electrons. The average molecular weight is 251 g/mol. The van der Waals surface area contributed by atoms with Crippen LogP contribution in [-0.2, 0) is 6.54 Å². The molecule has 1 saturated carbocycles. The van der Waals surface area contributed by atoms with Crippen molar-refractivity contribution in [3.05, 3.63) is 23.8 Å². The zero-order valence-corrected chi connectivity index (χ0v) is 10.5. The molecule has 4 nitrogen and oxygen atoms in total. The summed E-state index contributed by atoms with van der Waals surface area (Å²) in [6, 6.07) is 4.98. The molecular formula is C14H21NO3. The number of aliphatic hydroxyl groups is 1. The number of benzene rings is 1. The average Bonchev–Trinajstić information content (AvgIpc) is 2.35. The Morgan fingerprint density at radius 3 is 2.83 bits per heavy atom. The molecule has 0 amide bonds. The number of hydrogen-bond donors (Lipinski definition) is 4. The van der Waals surface area contributed by atoms with E-state index >= 15 is 0 Å². The summed E-state index contributed by atoms with van der Waals surface area (Å²) in [5, 5.41) is 31.9. The fraction of sp³-hybridized carbons (Fsp3) is 0.571. The molecule has 2 rings (SSSR count). The number of phenolic OH excluding ortho intramolecular Hbond substituents is 2. The van der Waals surface area contributed by atoms with Gasteiger partial charge in [-0.25, -0.2) is 0 Å². The van der Waals surface area contributed by atoms with Crippen LogP contribution < -0.4 is 5.32 Å². The Balaban J connectivity index is 1.79. The first-order valence-corrected chi connectivity index (χ1v) is 6.55. The normalized spacial score (nSPS) is 24.1. The maximum atomic E-state index is 9.65. The van der Waals surface area contributed by atoms with Crippen LogP contribution in [0.3, 0.4) is 0 Å². The minimum Gasteiger partial charge on any atom is -0.504 e. The molecule has 1 fully saturated rings. The Kier molecular flexibility index (Phi) is 4.44. The second kappa shape index (κ2) is 6.07. The molecule has 4 N–H and O–H groups in total. The largest absolute Gasteiger partial charge is 0.504 e. The van der Waals surface area contributed by atoms with Crippen molar-refractivity contribution in [1.29, 1.82) is 0 Å². The summed E-state index contributed by atoms with van der Waals surface area (Å²) < 4.78 is 0. The molecule has 1 aromatic rings. The van der Waals surface area contributed by atoms with Crippen LogP contribution in [0.15, 0.2) is 18.2 Å². The molecule has 0 heterocycles. The number of hydrogen-bond acceptors (Lipinski definition) is 4. The Labute approximate surface area is 107 Å². The Hall–Kier alpha value is -1.26. The van der Waals surface area contributed by atoms with E-state index in [1.807, 2.05) is 0 Å². The first kappa shape index (κ1) is 13.2. The molecule has 0 bridgehead atoms. The van der Waals surface area contributed by atoms with Crippen molar-refractivity contribution in [2.75, 3.05) is 6.54 Å². The lowest BCUT2D eigenvalue weighted by molar-refractivity contribution is 0.101. The molecule has 1 aliphatic carbocycles. The van der Waals surface area contributed by atoms with E-state index in [1.165, 1.54) is 6.07 Å². The third-order valence-corrected chi connectivity index (χ3v) is 3.60. The van der Waals surface area contributed by atoms with Crippen LogP contribution in [0.1, 0.15) is 31.2 Å². The molecule has 2 atom stereocenters. The van der Waals surface area contributed by atoms with Crippen molar-refractivity contribution in [1.82, 2.24) is 5.32 Å². The summed E-state index contributed by atoms with van der Waals surface area (Å²) in [5.41, 5.74) is 0.700. The zero-order valence-electron chi connectivity index (χ0n) is 10.5. The highest BCUT2D eigenvalue weighted by Crippen LogP contribution is 2.28. The molecule has 100 valence electrons. The van der Waals surface area contributed by atoms with Crippen molar-refractivity contribution in [2.45, 2.75) is 38.3 Å². The van der Waals surface area contributed by atoms with Gasteiger partial charge in [0.2, 0.25) is 0 Å². The summed E-state index contributed by atoms with van der Waals surface area (Å²) in [5.74, 6) is 0.379. The standard InChI is InChI=1S/C14H21NO3/c16-12-5-1-3-10(7-12)8-15-9-11-4-2-6-13(17)14(11)18/h2,4,6,10,12,15-18H,1,3,5,7-9H2. The van der Waals surface area contributed by atoms with Crippen LogP contribution in [0.5, 0.6) is 11.5 Å². The Morgan fingerprint density at radius 2 is 2.06 bits per heavy atom. The van der Waals surface area contributed by atoms with Gasteiger partial charge in [0.15, 0.2) is 11.5 Å². The molecule has 0 aromatic heterocycles. The van der Waals surface area contributed by atoms with Crippen molar-refractivity contribution < 1.29 is 15.3 Å². The van der Waals surface area contributed by atoms with Crippen molar-refractivity contribution in [2.24, 2.45) is 5.92 Å². The maximum Gasteiger partial charge on any atom is 0.161 e. The molecule has 2 unspecified atom stereocenters. The summed E-state index contributed by atoms with van der Waals surface area (Å²) in [7, 11) is 0. The molecule has 0 spiro atoms. The lowest BCUT2D eigenvalue weighted by Gasteiger charge is -2.26. The third kappa shape index (κ3) is 3.37. The summed E-state index contributed by atoms with van der Waals surface area (Å²) in [6.07, 6.45) is 3.86. The number of nitrogens with one attached hydrogen (secondary N) is 1. The minimum absolute atomic E-state index is 0.0475. The first-order valence-electron chi connectivity index (χ1n) is 6.55. The van der Waals surface area contributed by atoms with E-state index in [2.05, 4.69) is 5.32 Å². The van der Waals surface area contributed by atoms with E-state index in [0.29, 0.717) is 18.0 Å². The van der Waals surface area contributed by atoms with Crippen molar-refractivity contribution >= 4 is 0 Å². The molecule has 0 saturated heterocycles.